The predicted molar refractivity (Wildman–Crippen MR) is 173 cm³/mol. The van der Waals surface area contributed by atoms with Gasteiger partial charge in [0.1, 0.15) is 5.75 Å². The number of ether oxygens (including phenoxy) is 4. The Morgan fingerprint density at radius 2 is 1.35 bits per heavy atom. The minimum absolute atomic E-state index is 0.0480. The number of methoxy groups -OCH3 is 2. The molecule has 0 N–H and O–H groups in total. The van der Waals surface area contributed by atoms with Gasteiger partial charge in [0.25, 0.3) is 6.04 Å². The van der Waals surface area contributed by atoms with E-state index >= 15 is 0 Å². The zero-order valence-corrected chi connectivity index (χ0v) is 27.3. The van der Waals surface area contributed by atoms with Crippen LogP contribution in [-0.4, -0.2) is 82.5 Å². The zero-order chi connectivity index (χ0) is 34.0. The third-order valence-electron chi connectivity index (χ3n) is 7.06. The standard InChI is InChI=1S/C32H37N3O10S/c1-7-33(3)31(36)44-28-15-9-22(19-30(28)45-32(37)34(4)8-2)17-18-46(40,41)21-26(35(38)39)24-12-10-23(11-13-24)25-14-16-27(42-5)29(20-25)43-6/h9-20,26H,7-8,21H2,1-6H3/b18-17+. The maximum atomic E-state index is 13.0. The number of hydrogen-bond acceptors (Lipinski definition) is 10. The lowest BCUT2D eigenvalue weighted by Crippen LogP contribution is -2.31. The minimum atomic E-state index is -4.11. The van der Waals surface area contributed by atoms with Crippen molar-refractivity contribution in [3.8, 4) is 34.1 Å². The Hall–Kier alpha value is -5.11. The molecule has 0 spiro atoms. The maximum absolute atomic E-state index is 13.0. The number of rotatable bonds is 13. The maximum Gasteiger partial charge on any atom is 0.415 e. The molecular formula is C32H37N3O10S. The van der Waals surface area contributed by atoms with Gasteiger partial charge in [-0.05, 0) is 60.9 Å². The second kappa shape index (κ2) is 15.8. The van der Waals surface area contributed by atoms with Crippen LogP contribution in [0.5, 0.6) is 23.0 Å². The molecule has 3 aromatic rings. The molecule has 246 valence electrons. The number of sulfone groups is 1. The van der Waals surface area contributed by atoms with Gasteiger partial charge in [0.05, 0.1) is 14.2 Å². The fraction of sp³-hybridized carbons (Fsp3) is 0.312. The Kier molecular flexibility index (Phi) is 12.1. The summed E-state index contributed by atoms with van der Waals surface area (Å²) in [5.74, 6) is 0.112. The van der Waals surface area contributed by atoms with E-state index in [0.29, 0.717) is 24.6 Å². The molecule has 0 saturated carbocycles. The van der Waals surface area contributed by atoms with Crippen molar-refractivity contribution in [3.63, 3.8) is 0 Å². The van der Waals surface area contributed by atoms with Gasteiger partial charge in [0, 0.05) is 43.1 Å². The highest BCUT2D eigenvalue weighted by Gasteiger charge is 2.29. The first kappa shape index (κ1) is 35.4. The summed E-state index contributed by atoms with van der Waals surface area (Å²) < 4.78 is 47.4. The fourth-order valence-corrected chi connectivity index (χ4v) is 5.27. The van der Waals surface area contributed by atoms with Crippen LogP contribution in [0.25, 0.3) is 17.2 Å². The molecule has 1 atom stereocenters. The summed E-state index contributed by atoms with van der Waals surface area (Å²) in [4.78, 5) is 38.7. The molecule has 0 bridgehead atoms. The molecule has 0 saturated heterocycles. The van der Waals surface area contributed by atoms with Gasteiger partial charge in [-0.25, -0.2) is 18.0 Å². The molecule has 0 aromatic heterocycles. The SMILES string of the molecule is CCN(C)C(=O)Oc1ccc(/C=C/S(=O)(=O)CC(c2ccc(-c3ccc(OC)c(OC)c3)cc2)[N+](=O)[O-])cc1OC(=O)N(C)CC. The number of amides is 2. The minimum Gasteiger partial charge on any atom is -0.493 e. The Morgan fingerprint density at radius 3 is 1.89 bits per heavy atom. The highest BCUT2D eigenvalue weighted by atomic mass is 32.2. The Bertz CT molecular complexity index is 1690. The quantitative estimate of drug-likeness (QED) is 0.166. The summed E-state index contributed by atoms with van der Waals surface area (Å²) in [6.07, 6.45) is -0.183. The Morgan fingerprint density at radius 1 is 0.804 bits per heavy atom. The molecule has 0 radical (unpaired) electrons. The van der Waals surface area contributed by atoms with Crippen molar-refractivity contribution >= 4 is 28.1 Å². The van der Waals surface area contributed by atoms with Gasteiger partial charge in [-0.3, -0.25) is 10.1 Å². The van der Waals surface area contributed by atoms with E-state index in [9.17, 15) is 28.1 Å². The van der Waals surface area contributed by atoms with Crippen molar-refractivity contribution in [1.82, 2.24) is 9.80 Å². The lowest BCUT2D eigenvalue weighted by atomic mass is 10.0. The van der Waals surface area contributed by atoms with Crippen LogP contribution in [0.2, 0.25) is 0 Å². The fourth-order valence-electron chi connectivity index (χ4n) is 4.04. The van der Waals surface area contributed by atoms with Crippen molar-refractivity contribution in [1.29, 1.82) is 0 Å². The molecule has 3 aromatic carbocycles. The van der Waals surface area contributed by atoms with Gasteiger partial charge in [0.2, 0.25) is 0 Å². The second-order valence-corrected chi connectivity index (χ2v) is 12.0. The van der Waals surface area contributed by atoms with Crippen molar-refractivity contribution in [2.24, 2.45) is 0 Å². The number of carbonyl (C=O) groups excluding carboxylic acids is 2. The number of benzene rings is 3. The van der Waals surface area contributed by atoms with Gasteiger partial charge in [-0.15, -0.1) is 0 Å². The molecule has 46 heavy (non-hydrogen) atoms. The summed E-state index contributed by atoms with van der Waals surface area (Å²) in [6.45, 7) is 4.22. The van der Waals surface area contributed by atoms with Gasteiger partial charge >= 0.3 is 12.2 Å². The van der Waals surface area contributed by atoms with Crippen LogP contribution in [0.1, 0.15) is 31.0 Å². The van der Waals surface area contributed by atoms with Crippen LogP contribution in [0.15, 0.2) is 66.1 Å². The molecular weight excluding hydrogens is 618 g/mol. The lowest BCUT2D eigenvalue weighted by molar-refractivity contribution is -0.523. The summed E-state index contributed by atoms with van der Waals surface area (Å²) in [5, 5.41) is 12.8. The van der Waals surface area contributed by atoms with Gasteiger partial charge < -0.3 is 28.7 Å². The average molecular weight is 656 g/mol. The van der Waals surface area contributed by atoms with Crippen molar-refractivity contribution in [2.45, 2.75) is 19.9 Å². The highest BCUT2D eigenvalue weighted by molar-refractivity contribution is 7.94. The zero-order valence-electron chi connectivity index (χ0n) is 26.5. The topological polar surface area (TPSA) is 155 Å². The number of nitrogens with zero attached hydrogens (tertiary/aromatic N) is 3. The molecule has 0 aliphatic heterocycles. The molecule has 13 nitrogen and oxygen atoms in total. The summed E-state index contributed by atoms with van der Waals surface area (Å²) in [7, 11) is 1.98. The van der Waals surface area contributed by atoms with Crippen LogP contribution in [0.4, 0.5) is 9.59 Å². The second-order valence-electron chi connectivity index (χ2n) is 10.1. The third-order valence-corrected chi connectivity index (χ3v) is 8.39. The van der Waals surface area contributed by atoms with Crippen LogP contribution >= 0.6 is 0 Å². The number of hydrogen-bond donors (Lipinski definition) is 0. The summed E-state index contributed by atoms with van der Waals surface area (Å²) in [6, 6.07) is 14.3. The summed E-state index contributed by atoms with van der Waals surface area (Å²) >= 11 is 0. The molecule has 0 aliphatic rings. The van der Waals surface area contributed by atoms with E-state index in [1.54, 1.807) is 38.1 Å². The largest absolute Gasteiger partial charge is 0.493 e. The molecule has 0 aliphatic carbocycles. The van der Waals surface area contributed by atoms with Gasteiger partial charge in [-0.1, -0.05) is 36.4 Å². The number of carbonyl (C=O) groups is 2. The van der Waals surface area contributed by atoms with E-state index in [1.165, 1.54) is 74.5 Å². The molecule has 14 heteroatoms. The summed E-state index contributed by atoms with van der Waals surface area (Å²) in [5.41, 5.74) is 2.02. The monoisotopic (exact) mass is 655 g/mol. The third kappa shape index (κ3) is 9.20. The average Bonchev–Trinajstić information content (AvgIpc) is 3.05. The number of nitro groups is 1. The first-order valence-electron chi connectivity index (χ1n) is 14.2. The van der Waals surface area contributed by atoms with Crippen molar-refractivity contribution < 1.29 is 41.9 Å². The Balaban J connectivity index is 1.84. The van der Waals surface area contributed by atoms with E-state index in [2.05, 4.69) is 0 Å². The predicted octanol–water partition coefficient (Wildman–Crippen LogP) is 5.68. The normalized spacial score (nSPS) is 11.9. The van der Waals surface area contributed by atoms with Crippen LogP contribution in [-0.2, 0) is 9.84 Å². The lowest BCUT2D eigenvalue weighted by Gasteiger charge is -2.18. The molecule has 1 unspecified atom stereocenters. The van der Waals surface area contributed by atoms with E-state index in [1.807, 2.05) is 6.07 Å². The van der Waals surface area contributed by atoms with Gasteiger partial charge in [-0.2, -0.15) is 0 Å². The Labute approximate surface area is 268 Å². The molecule has 2 amide bonds. The molecule has 0 fully saturated rings. The van der Waals surface area contributed by atoms with E-state index in [0.717, 1.165) is 16.5 Å². The smallest absolute Gasteiger partial charge is 0.415 e. The van der Waals surface area contributed by atoms with Crippen LogP contribution in [0.3, 0.4) is 0 Å². The van der Waals surface area contributed by atoms with Crippen LogP contribution in [0, 0.1) is 10.1 Å². The van der Waals surface area contributed by atoms with E-state index in [-0.39, 0.29) is 22.6 Å². The van der Waals surface area contributed by atoms with Gasteiger partial charge in [0.15, 0.2) is 32.8 Å². The first-order chi connectivity index (χ1) is 21.8. The van der Waals surface area contributed by atoms with Crippen molar-refractivity contribution in [2.75, 3.05) is 47.2 Å². The molecule has 0 heterocycles. The first-order valence-corrected chi connectivity index (χ1v) is 15.9. The van der Waals surface area contributed by atoms with E-state index in [4.69, 9.17) is 18.9 Å². The van der Waals surface area contributed by atoms with Crippen molar-refractivity contribution in [3.05, 3.63) is 87.3 Å². The molecule has 3 rings (SSSR count). The highest BCUT2D eigenvalue weighted by Crippen LogP contribution is 2.33. The van der Waals surface area contributed by atoms with Crippen LogP contribution < -0.4 is 18.9 Å². The van der Waals surface area contributed by atoms with E-state index < -0.39 is 38.7 Å².